The zero-order chi connectivity index (χ0) is 22.7. The van der Waals surface area contributed by atoms with E-state index in [9.17, 15) is 14.0 Å². The number of rotatable bonds is 8. The van der Waals surface area contributed by atoms with Crippen molar-refractivity contribution in [2.45, 2.75) is 53.9 Å². The second-order valence-electron chi connectivity index (χ2n) is 8.63. The van der Waals surface area contributed by atoms with E-state index >= 15 is 0 Å². The molecule has 1 aliphatic heterocycles. The van der Waals surface area contributed by atoms with Crippen molar-refractivity contribution < 1.29 is 14.0 Å². The Morgan fingerprint density at radius 2 is 1.97 bits per heavy atom. The molecule has 0 fully saturated rings. The largest absolute Gasteiger partial charge is 0.358 e. The number of aryl methyl sites for hydroxylation is 1. The molecule has 2 heterocycles. The summed E-state index contributed by atoms with van der Waals surface area (Å²) in [5.74, 6) is 0.527. The number of fused-ring (bicyclic) bond motifs is 1. The van der Waals surface area contributed by atoms with Gasteiger partial charge in [-0.2, -0.15) is 0 Å². The smallest absolute Gasteiger partial charge is 0.256 e. The van der Waals surface area contributed by atoms with E-state index in [-0.39, 0.29) is 11.8 Å². The van der Waals surface area contributed by atoms with Gasteiger partial charge in [-0.1, -0.05) is 27.2 Å². The maximum absolute atomic E-state index is 13.7. The molecule has 0 saturated heterocycles. The quantitative estimate of drug-likeness (QED) is 0.388. The monoisotopic (exact) mass is 425 g/mol. The summed E-state index contributed by atoms with van der Waals surface area (Å²) in [6, 6.07) is 4.22. The van der Waals surface area contributed by atoms with Gasteiger partial charge in [-0.05, 0) is 68.4 Å². The van der Waals surface area contributed by atoms with Crippen LogP contribution in [0.25, 0.3) is 11.6 Å². The van der Waals surface area contributed by atoms with Gasteiger partial charge < -0.3 is 15.6 Å². The van der Waals surface area contributed by atoms with Gasteiger partial charge in [0.2, 0.25) is 0 Å². The molecule has 6 heteroatoms. The second-order valence-corrected chi connectivity index (χ2v) is 8.63. The summed E-state index contributed by atoms with van der Waals surface area (Å²) >= 11 is 0. The molecule has 1 aromatic carbocycles. The van der Waals surface area contributed by atoms with Gasteiger partial charge in [0.1, 0.15) is 5.82 Å². The average Bonchev–Trinajstić information content (AvgIpc) is 3.19. The molecule has 2 atom stereocenters. The molecule has 2 unspecified atom stereocenters. The lowest BCUT2D eigenvalue weighted by Gasteiger charge is -2.18. The molecule has 0 saturated carbocycles. The fourth-order valence-electron chi connectivity index (χ4n) is 4.11. The van der Waals surface area contributed by atoms with Crippen LogP contribution in [0.15, 0.2) is 18.2 Å². The highest BCUT2D eigenvalue weighted by Crippen LogP contribution is 2.34. The summed E-state index contributed by atoms with van der Waals surface area (Å²) in [4.78, 5) is 28.4. The van der Waals surface area contributed by atoms with Crippen molar-refractivity contribution in [2.24, 2.45) is 11.8 Å². The van der Waals surface area contributed by atoms with E-state index in [2.05, 4.69) is 36.4 Å². The highest BCUT2D eigenvalue weighted by Gasteiger charge is 2.26. The molecule has 3 rings (SSSR count). The maximum atomic E-state index is 13.7. The number of carbonyl (C=O) groups excluding carboxylic acids is 2. The van der Waals surface area contributed by atoms with E-state index < -0.39 is 5.82 Å². The first-order chi connectivity index (χ1) is 14.7. The minimum Gasteiger partial charge on any atom is -0.358 e. The van der Waals surface area contributed by atoms with Crippen LogP contribution < -0.4 is 10.6 Å². The molecule has 1 aromatic heterocycles. The van der Waals surface area contributed by atoms with Gasteiger partial charge in [-0.15, -0.1) is 0 Å². The van der Waals surface area contributed by atoms with Crippen molar-refractivity contribution in [3.05, 3.63) is 52.1 Å². The molecule has 1 aliphatic rings. The Morgan fingerprint density at radius 3 is 2.68 bits per heavy atom. The van der Waals surface area contributed by atoms with E-state index in [0.717, 1.165) is 24.1 Å². The van der Waals surface area contributed by atoms with Gasteiger partial charge in [0.05, 0.1) is 11.1 Å². The molecule has 3 N–H and O–H groups in total. The molecular formula is C25H32FN3O2. The van der Waals surface area contributed by atoms with Crippen molar-refractivity contribution in [3.63, 3.8) is 0 Å². The third-order valence-electron chi connectivity index (χ3n) is 6.49. The second kappa shape index (κ2) is 9.50. The average molecular weight is 426 g/mol. The van der Waals surface area contributed by atoms with Crippen LogP contribution in [0.4, 0.5) is 10.1 Å². The summed E-state index contributed by atoms with van der Waals surface area (Å²) in [7, 11) is 0. The van der Waals surface area contributed by atoms with E-state index in [1.54, 1.807) is 12.1 Å². The first-order valence-electron chi connectivity index (χ1n) is 11.0. The van der Waals surface area contributed by atoms with Gasteiger partial charge in [-0.3, -0.25) is 9.59 Å². The number of hydrogen-bond donors (Lipinski definition) is 3. The highest BCUT2D eigenvalue weighted by molar-refractivity contribution is 6.34. The minimum atomic E-state index is -0.400. The third kappa shape index (κ3) is 4.89. The number of H-pyrrole nitrogens is 1. The first kappa shape index (κ1) is 22.8. The number of benzene rings is 1. The Morgan fingerprint density at radius 1 is 1.23 bits per heavy atom. The van der Waals surface area contributed by atoms with E-state index in [1.165, 1.54) is 18.6 Å². The highest BCUT2D eigenvalue weighted by atomic mass is 19.1. The van der Waals surface area contributed by atoms with Gasteiger partial charge in [-0.25, -0.2) is 4.39 Å². The molecule has 0 bridgehead atoms. The number of anilines is 1. The molecule has 0 aliphatic carbocycles. The molecule has 0 radical (unpaired) electrons. The van der Waals surface area contributed by atoms with Crippen LogP contribution in [0.1, 0.15) is 72.9 Å². The number of amides is 2. The molecular weight excluding hydrogens is 393 g/mol. The standard InChI is InChI=1S/C25H32FN3O2/c1-6-14(2)15(3)8-7-11-27-25(31)23-16(4)22(28-17(23)5)13-20-19-12-18(26)9-10-21(19)29-24(20)30/h9-10,12-15,28H,6-8,11H2,1-5H3,(H,27,31)(H,29,30). The molecule has 0 spiro atoms. The Kier molecular flexibility index (Phi) is 6.98. The van der Waals surface area contributed by atoms with Gasteiger partial charge >= 0.3 is 0 Å². The zero-order valence-electron chi connectivity index (χ0n) is 19.0. The molecule has 5 nitrogen and oxygen atoms in total. The topological polar surface area (TPSA) is 74.0 Å². The van der Waals surface area contributed by atoms with E-state index in [1.807, 2.05) is 13.8 Å². The Balaban J connectivity index is 1.73. The molecule has 2 amide bonds. The van der Waals surface area contributed by atoms with Crippen molar-refractivity contribution >= 4 is 29.2 Å². The predicted octanol–water partition coefficient (Wildman–Crippen LogP) is 5.46. The molecule has 166 valence electrons. The van der Waals surface area contributed by atoms with Crippen LogP contribution in [0.2, 0.25) is 0 Å². The van der Waals surface area contributed by atoms with Crippen molar-refractivity contribution in [1.82, 2.24) is 10.3 Å². The Labute approximate surface area is 183 Å². The molecule has 2 aromatic rings. The lowest BCUT2D eigenvalue weighted by molar-refractivity contribution is -0.110. The predicted molar refractivity (Wildman–Crippen MR) is 123 cm³/mol. The first-order valence-corrected chi connectivity index (χ1v) is 11.0. The number of carbonyl (C=O) groups is 2. The Hall–Kier alpha value is -2.89. The SMILES string of the molecule is CCC(C)C(C)CCCNC(=O)c1c(C)[nH]c(C=C2C(=O)Nc3ccc(F)cc32)c1C. The third-order valence-corrected chi connectivity index (χ3v) is 6.49. The van der Waals surface area contributed by atoms with Crippen LogP contribution in [0.3, 0.4) is 0 Å². The summed E-state index contributed by atoms with van der Waals surface area (Å²) in [6.45, 7) is 11.1. The fourth-order valence-corrected chi connectivity index (χ4v) is 4.11. The van der Waals surface area contributed by atoms with Crippen molar-refractivity contribution in [2.75, 3.05) is 11.9 Å². The lowest BCUT2D eigenvalue weighted by Crippen LogP contribution is -2.26. The van der Waals surface area contributed by atoms with Crippen molar-refractivity contribution in [3.8, 4) is 0 Å². The van der Waals surface area contributed by atoms with E-state index in [0.29, 0.717) is 46.5 Å². The number of hydrogen-bond acceptors (Lipinski definition) is 2. The normalized spacial score (nSPS) is 16.2. The van der Waals surface area contributed by atoms with E-state index in [4.69, 9.17) is 0 Å². The minimum absolute atomic E-state index is 0.116. The summed E-state index contributed by atoms with van der Waals surface area (Å²) in [5.41, 5.74) is 4.28. The number of aromatic amines is 1. The van der Waals surface area contributed by atoms with Crippen LogP contribution in [-0.2, 0) is 4.79 Å². The van der Waals surface area contributed by atoms with Crippen molar-refractivity contribution in [1.29, 1.82) is 0 Å². The Bertz CT molecular complexity index is 1020. The van der Waals surface area contributed by atoms with Crippen LogP contribution in [0.5, 0.6) is 0 Å². The number of aromatic nitrogens is 1. The van der Waals surface area contributed by atoms with Gasteiger partial charge in [0, 0.05) is 29.2 Å². The summed E-state index contributed by atoms with van der Waals surface area (Å²) < 4.78 is 13.7. The van der Waals surface area contributed by atoms with Gasteiger partial charge in [0.15, 0.2) is 0 Å². The van der Waals surface area contributed by atoms with Crippen LogP contribution in [-0.4, -0.2) is 23.3 Å². The lowest BCUT2D eigenvalue weighted by atomic mass is 9.90. The van der Waals surface area contributed by atoms with Crippen LogP contribution in [0, 0.1) is 31.5 Å². The van der Waals surface area contributed by atoms with Crippen LogP contribution >= 0.6 is 0 Å². The van der Waals surface area contributed by atoms with Gasteiger partial charge in [0.25, 0.3) is 11.8 Å². The zero-order valence-corrected chi connectivity index (χ0v) is 19.0. The fraction of sp³-hybridized carbons (Fsp3) is 0.440. The maximum Gasteiger partial charge on any atom is 0.256 e. The summed E-state index contributed by atoms with van der Waals surface area (Å²) in [6.07, 6.45) is 4.89. The summed E-state index contributed by atoms with van der Waals surface area (Å²) in [5, 5.41) is 5.77. The molecule has 31 heavy (non-hydrogen) atoms. The number of nitrogens with one attached hydrogen (secondary N) is 3. The number of halogens is 1.